The molecule has 0 aliphatic rings. The van der Waals surface area contributed by atoms with Crippen molar-refractivity contribution in [2.45, 2.75) is 46.6 Å². The van der Waals surface area contributed by atoms with Gasteiger partial charge in [-0.25, -0.2) is 0 Å². The van der Waals surface area contributed by atoms with Crippen LogP contribution in [0, 0.1) is 0 Å². The molecule has 1 aromatic rings. The zero-order valence-electron chi connectivity index (χ0n) is 12.2. The Morgan fingerprint density at radius 1 is 1.00 bits per heavy atom. The molecule has 1 N–H and O–H groups in total. The van der Waals surface area contributed by atoms with Gasteiger partial charge in [0.1, 0.15) is 0 Å². The molecule has 2 nitrogen and oxygen atoms in total. The quantitative estimate of drug-likeness (QED) is 0.661. The summed E-state index contributed by atoms with van der Waals surface area (Å²) in [7, 11) is 0. The third-order valence-corrected chi connectivity index (χ3v) is 3.40. The summed E-state index contributed by atoms with van der Waals surface area (Å²) >= 11 is 0. The van der Waals surface area contributed by atoms with E-state index in [0.717, 1.165) is 26.2 Å². The average Bonchev–Trinajstić information content (AvgIpc) is 2.42. The van der Waals surface area contributed by atoms with Crippen LogP contribution in [0.25, 0.3) is 0 Å². The number of para-hydroxylation sites is 1. The molecule has 18 heavy (non-hydrogen) atoms. The maximum atomic E-state index is 3.57. The number of nitrogens with one attached hydrogen (secondary N) is 1. The predicted molar refractivity (Wildman–Crippen MR) is 81.1 cm³/mol. The third-order valence-electron chi connectivity index (χ3n) is 3.40. The molecule has 0 heterocycles. The van der Waals surface area contributed by atoms with Gasteiger partial charge in [-0.05, 0) is 31.1 Å². The number of rotatable bonds is 9. The monoisotopic (exact) mass is 248 g/mol. The third kappa shape index (κ3) is 5.09. The van der Waals surface area contributed by atoms with E-state index in [1.165, 1.54) is 30.5 Å². The van der Waals surface area contributed by atoms with Gasteiger partial charge in [0.25, 0.3) is 0 Å². The second kappa shape index (κ2) is 8.98. The predicted octanol–water partition coefficient (Wildman–Crippen LogP) is 4.13. The summed E-state index contributed by atoms with van der Waals surface area (Å²) in [4.78, 5) is 2.45. The lowest BCUT2D eigenvalue weighted by molar-refractivity contribution is 0.296. The second-order valence-corrected chi connectivity index (χ2v) is 4.75. The molecule has 2 heteroatoms. The van der Waals surface area contributed by atoms with Crippen LogP contribution in [0.1, 0.15) is 45.6 Å². The van der Waals surface area contributed by atoms with Crippen LogP contribution in [0.15, 0.2) is 24.3 Å². The van der Waals surface area contributed by atoms with E-state index in [4.69, 9.17) is 0 Å². The molecule has 0 aromatic heterocycles. The Morgan fingerprint density at radius 3 is 2.39 bits per heavy atom. The molecular weight excluding hydrogens is 220 g/mol. The van der Waals surface area contributed by atoms with Gasteiger partial charge < -0.3 is 5.32 Å². The van der Waals surface area contributed by atoms with Crippen molar-refractivity contribution in [3.63, 3.8) is 0 Å². The molecule has 0 spiro atoms. The minimum atomic E-state index is 1.05. The lowest BCUT2D eigenvalue weighted by Crippen LogP contribution is -2.22. The molecule has 102 valence electrons. The minimum Gasteiger partial charge on any atom is -0.385 e. The number of hydrogen-bond acceptors (Lipinski definition) is 2. The van der Waals surface area contributed by atoms with Gasteiger partial charge >= 0.3 is 0 Å². The van der Waals surface area contributed by atoms with Gasteiger partial charge in [-0.1, -0.05) is 51.8 Å². The smallest absolute Gasteiger partial charge is 0.0385 e. The normalized spacial score (nSPS) is 10.9. The van der Waals surface area contributed by atoms with Gasteiger partial charge in [-0.15, -0.1) is 0 Å². The molecule has 0 atom stereocenters. The van der Waals surface area contributed by atoms with E-state index >= 15 is 0 Å². The summed E-state index contributed by atoms with van der Waals surface area (Å²) in [5, 5.41) is 3.57. The van der Waals surface area contributed by atoms with E-state index in [1.54, 1.807) is 0 Å². The van der Waals surface area contributed by atoms with E-state index in [0.29, 0.717) is 0 Å². The number of nitrogens with zero attached hydrogens (tertiary/aromatic N) is 1. The van der Waals surface area contributed by atoms with Gasteiger partial charge in [0, 0.05) is 18.8 Å². The van der Waals surface area contributed by atoms with Crippen molar-refractivity contribution in [1.82, 2.24) is 4.90 Å². The zero-order chi connectivity index (χ0) is 13.2. The average molecular weight is 248 g/mol. The lowest BCUT2D eigenvalue weighted by atomic mass is 10.1. The van der Waals surface area contributed by atoms with Crippen molar-refractivity contribution < 1.29 is 0 Å². The first-order chi connectivity index (χ1) is 8.81. The molecule has 0 aliphatic carbocycles. The Hall–Kier alpha value is -1.02. The fraction of sp³-hybridized carbons (Fsp3) is 0.625. The van der Waals surface area contributed by atoms with Crippen molar-refractivity contribution in [3.8, 4) is 0 Å². The van der Waals surface area contributed by atoms with Gasteiger partial charge in [0.15, 0.2) is 0 Å². The molecule has 0 fully saturated rings. The summed E-state index contributed by atoms with van der Waals surface area (Å²) in [6.45, 7) is 11.0. The Bertz CT molecular complexity index is 319. The van der Waals surface area contributed by atoms with Crippen LogP contribution in [0.5, 0.6) is 0 Å². The van der Waals surface area contributed by atoms with Crippen LogP contribution in [-0.4, -0.2) is 24.5 Å². The van der Waals surface area contributed by atoms with Crippen LogP contribution in [-0.2, 0) is 6.54 Å². The van der Waals surface area contributed by atoms with Crippen LogP contribution < -0.4 is 5.32 Å². The molecule has 0 aliphatic heterocycles. The van der Waals surface area contributed by atoms with E-state index in [-0.39, 0.29) is 0 Å². The standard InChI is InChI=1S/C16H28N2/c1-4-7-10-13-17-16-12-9-8-11-15(16)14-18(5-2)6-3/h8-9,11-12,17H,4-7,10,13-14H2,1-3H3. The Kier molecular flexibility index (Phi) is 7.51. The first kappa shape index (κ1) is 15.0. The van der Waals surface area contributed by atoms with Crippen molar-refractivity contribution >= 4 is 5.69 Å². The van der Waals surface area contributed by atoms with Gasteiger partial charge in [0.2, 0.25) is 0 Å². The highest BCUT2D eigenvalue weighted by Crippen LogP contribution is 2.17. The van der Waals surface area contributed by atoms with Crippen molar-refractivity contribution in [3.05, 3.63) is 29.8 Å². The summed E-state index contributed by atoms with van der Waals surface area (Å²) in [5.41, 5.74) is 2.72. The Labute approximate surface area is 112 Å². The van der Waals surface area contributed by atoms with Crippen molar-refractivity contribution in [1.29, 1.82) is 0 Å². The van der Waals surface area contributed by atoms with Gasteiger partial charge in [0.05, 0.1) is 0 Å². The fourth-order valence-corrected chi connectivity index (χ4v) is 2.12. The number of anilines is 1. The Morgan fingerprint density at radius 2 is 1.72 bits per heavy atom. The van der Waals surface area contributed by atoms with Crippen molar-refractivity contribution in [2.24, 2.45) is 0 Å². The Balaban J connectivity index is 2.55. The summed E-state index contributed by atoms with van der Waals surface area (Å²) in [6.07, 6.45) is 3.85. The molecule has 0 amide bonds. The lowest BCUT2D eigenvalue weighted by Gasteiger charge is -2.20. The fourth-order valence-electron chi connectivity index (χ4n) is 2.12. The van der Waals surface area contributed by atoms with Crippen LogP contribution in [0.2, 0.25) is 0 Å². The van der Waals surface area contributed by atoms with Gasteiger partial charge in [-0.3, -0.25) is 4.90 Å². The van der Waals surface area contributed by atoms with Gasteiger partial charge in [-0.2, -0.15) is 0 Å². The molecule has 0 bridgehead atoms. The molecular formula is C16H28N2. The highest BCUT2D eigenvalue weighted by molar-refractivity contribution is 5.50. The summed E-state index contributed by atoms with van der Waals surface area (Å²) < 4.78 is 0. The topological polar surface area (TPSA) is 15.3 Å². The largest absolute Gasteiger partial charge is 0.385 e. The number of hydrogen-bond donors (Lipinski definition) is 1. The van der Waals surface area contributed by atoms with E-state index in [1.807, 2.05) is 0 Å². The maximum Gasteiger partial charge on any atom is 0.0385 e. The highest BCUT2D eigenvalue weighted by atomic mass is 15.1. The summed E-state index contributed by atoms with van der Waals surface area (Å²) in [6, 6.07) is 8.69. The van der Waals surface area contributed by atoms with E-state index < -0.39 is 0 Å². The molecule has 0 saturated carbocycles. The maximum absolute atomic E-state index is 3.57. The minimum absolute atomic E-state index is 1.05. The van der Waals surface area contributed by atoms with Crippen LogP contribution in [0.3, 0.4) is 0 Å². The number of benzene rings is 1. The van der Waals surface area contributed by atoms with E-state index in [2.05, 4.69) is 55.3 Å². The first-order valence-corrected chi connectivity index (χ1v) is 7.35. The molecule has 0 saturated heterocycles. The van der Waals surface area contributed by atoms with Crippen LogP contribution >= 0.6 is 0 Å². The highest BCUT2D eigenvalue weighted by Gasteiger charge is 2.05. The van der Waals surface area contributed by atoms with Crippen LogP contribution in [0.4, 0.5) is 5.69 Å². The molecule has 1 rings (SSSR count). The van der Waals surface area contributed by atoms with E-state index in [9.17, 15) is 0 Å². The molecule has 0 unspecified atom stereocenters. The van der Waals surface area contributed by atoms with Crippen molar-refractivity contribution in [2.75, 3.05) is 25.0 Å². The molecule has 0 radical (unpaired) electrons. The second-order valence-electron chi connectivity index (χ2n) is 4.75. The first-order valence-electron chi connectivity index (χ1n) is 7.35. The summed E-state index contributed by atoms with van der Waals surface area (Å²) in [5.74, 6) is 0. The zero-order valence-corrected chi connectivity index (χ0v) is 12.2. The molecule has 1 aromatic carbocycles. The SMILES string of the molecule is CCCCCNc1ccccc1CN(CC)CC. The number of unbranched alkanes of at least 4 members (excludes halogenated alkanes) is 2.